The second kappa shape index (κ2) is 4.58. The van der Waals surface area contributed by atoms with E-state index in [1.165, 1.54) is 0 Å². The zero-order valence-electron chi connectivity index (χ0n) is 9.03. The van der Waals surface area contributed by atoms with Crippen molar-refractivity contribution in [3.63, 3.8) is 0 Å². The highest BCUT2D eigenvalue weighted by molar-refractivity contribution is 5.17. The monoisotopic (exact) mass is 194 g/mol. The van der Waals surface area contributed by atoms with Crippen molar-refractivity contribution in [2.75, 3.05) is 7.11 Å². The maximum Gasteiger partial charge on any atom is 0.0817 e. The number of aliphatic hydroxyl groups excluding tert-OH is 1. The second-order valence-electron chi connectivity index (χ2n) is 4.09. The molecule has 14 heavy (non-hydrogen) atoms. The molecule has 0 saturated heterocycles. The molecule has 0 aliphatic heterocycles. The zero-order valence-corrected chi connectivity index (χ0v) is 9.03. The molecule has 2 heteroatoms. The fraction of sp³-hybridized carbons (Fsp3) is 0.500. The minimum atomic E-state index is -0.453. The van der Waals surface area contributed by atoms with Gasteiger partial charge in [0.15, 0.2) is 0 Å². The van der Waals surface area contributed by atoms with Crippen LogP contribution in [0.4, 0.5) is 0 Å². The van der Waals surface area contributed by atoms with Gasteiger partial charge in [0.1, 0.15) is 0 Å². The summed E-state index contributed by atoms with van der Waals surface area (Å²) in [7, 11) is 1.66. The van der Waals surface area contributed by atoms with Crippen LogP contribution in [0.15, 0.2) is 30.3 Å². The molecule has 0 aliphatic rings. The van der Waals surface area contributed by atoms with Gasteiger partial charge < -0.3 is 9.84 Å². The molecule has 1 rings (SSSR count). The summed E-state index contributed by atoms with van der Waals surface area (Å²) in [4.78, 5) is 0. The summed E-state index contributed by atoms with van der Waals surface area (Å²) >= 11 is 0. The lowest BCUT2D eigenvalue weighted by atomic mass is 9.96. The molecule has 2 nitrogen and oxygen atoms in total. The molecule has 0 saturated carbocycles. The lowest BCUT2D eigenvalue weighted by Gasteiger charge is -2.25. The van der Waals surface area contributed by atoms with Gasteiger partial charge in [-0.2, -0.15) is 0 Å². The maximum absolute atomic E-state index is 9.91. The number of rotatable bonds is 4. The van der Waals surface area contributed by atoms with Gasteiger partial charge in [0.25, 0.3) is 0 Å². The Hall–Kier alpha value is -0.860. The number of hydrogen-bond donors (Lipinski definition) is 1. The van der Waals surface area contributed by atoms with Gasteiger partial charge >= 0.3 is 0 Å². The van der Waals surface area contributed by atoms with Crippen LogP contribution in [0.1, 0.15) is 31.9 Å². The van der Waals surface area contributed by atoms with E-state index in [1.54, 1.807) is 7.11 Å². The third-order valence-corrected chi connectivity index (χ3v) is 2.42. The number of methoxy groups -OCH3 is 1. The van der Waals surface area contributed by atoms with E-state index in [1.807, 2.05) is 44.2 Å². The van der Waals surface area contributed by atoms with Crippen LogP contribution in [0.3, 0.4) is 0 Å². The molecule has 0 amide bonds. The molecule has 0 aromatic heterocycles. The quantitative estimate of drug-likeness (QED) is 0.798. The third kappa shape index (κ3) is 3.13. The molecule has 78 valence electrons. The largest absolute Gasteiger partial charge is 0.388 e. The Morgan fingerprint density at radius 1 is 1.29 bits per heavy atom. The normalized spacial score (nSPS) is 14.0. The standard InChI is InChI=1S/C12H18O2/c1-12(2,14-3)9-11(13)10-7-5-4-6-8-10/h4-8,11,13H,9H2,1-3H3. The average Bonchev–Trinajstić information content (AvgIpc) is 2.19. The van der Waals surface area contributed by atoms with Crippen molar-refractivity contribution in [1.82, 2.24) is 0 Å². The van der Waals surface area contributed by atoms with Crippen molar-refractivity contribution >= 4 is 0 Å². The second-order valence-corrected chi connectivity index (χ2v) is 4.09. The average molecular weight is 194 g/mol. The van der Waals surface area contributed by atoms with Gasteiger partial charge in [-0.1, -0.05) is 30.3 Å². The van der Waals surface area contributed by atoms with Crippen molar-refractivity contribution in [3.8, 4) is 0 Å². The molecular formula is C12H18O2. The van der Waals surface area contributed by atoms with Crippen LogP contribution in [0, 0.1) is 0 Å². The van der Waals surface area contributed by atoms with Crippen LogP contribution < -0.4 is 0 Å². The van der Waals surface area contributed by atoms with E-state index in [0.717, 1.165) is 5.56 Å². The molecule has 0 heterocycles. The number of benzene rings is 1. The molecule has 1 atom stereocenters. The molecule has 1 unspecified atom stereocenters. The van der Waals surface area contributed by atoms with Crippen molar-refractivity contribution in [2.45, 2.75) is 32.0 Å². The fourth-order valence-corrected chi connectivity index (χ4v) is 1.34. The van der Waals surface area contributed by atoms with Crippen LogP contribution in [-0.2, 0) is 4.74 Å². The molecule has 0 bridgehead atoms. The summed E-state index contributed by atoms with van der Waals surface area (Å²) in [5.74, 6) is 0. The first-order valence-corrected chi connectivity index (χ1v) is 4.83. The number of hydrogen-bond acceptors (Lipinski definition) is 2. The Balaban J connectivity index is 2.64. The molecule has 0 spiro atoms. The van der Waals surface area contributed by atoms with E-state index in [0.29, 0.717) is 6.42 Å². The summed E-state index contributed by atoms with van der Waals surface area (Å²) in [5.41, 5.74) is 0.660. The lowest BCUT2D eigenvalue weighted by Crippen LogP contribution is -2.25. The molecular weight excluding hydrogens is 176 g/mol. The number of ether oxygens (including phenoxy) is 1. The predicted molar refractivity (Wildman–Crippen MR) is 57.1 cm³/mol. The third-order valence-electron chi connectivity index (χ3n) is 2.42. The van der Waals surface area contributed by atoms with Crippen molar-refractivity contribution in [1.29, 1.82) is 0 Å². The van der Waals surface area contributed by atoms with Crippen LogP contribution in [-0.4, -0.2) is 17.8 Å². The van der Waals surface area contributed by atoms with Gasteiger partial charge in [-0.15, -0.1) is 0 Å². The smallest absolute Gasteiger partial charge is 0.0817 e. The Bertz CT molecular complexity index is 267. The highest BCUT2D eigenvalue weighted by atomic mass is 16.5. The van der Waals surface area contributed by atoms with E-state index >= 15 is 0 Å². The van der Waals surface area contributed by atoms with E-state index in [2.05, 4.69) is 0 Å². The fourth-order valence-electron chi connectivity index (χ4n) is 1.34. The lowest BCUT2D eigenvalue weighted by molar-refractivity contribution is -0.0200. The highest BCUT2D eigenvalue weighted by Gasteiger charge is 2.21. The van der Waals surface area contributed by atoms with Crippen molar-refractivity contribution in [2.24, 2.45) is 0 Å². The van der Waals surface area contributed by atoms with Gasteiger partial charge in [-0.05, 0) is 19.4 Å². The summed E-state index contributed by atoms with van der Waals surface area (Å²) in [6, 6.07) is 9.65. The first-order valence-electron chi connectivity index (χ1n) is 4.83. The summed E-state index contributed by atoms with van der Waals surface area (Å²) in [5, 5.41) is 9.91. The van der Waals surface area contributed by atoms with Crippen LogP contribution >= 0.6 is 0 Å². The summed E-state index contributed by atoms with van der Waals surface area (Å²) in [6.07, 6.45) is 0.152. The zero-order chi connectivity index (χ0) is 10.6. The van der Waals surface area contributed by atoms with Crippen molar-refractivity contribution in [3.05, 3.63) is 35.9 Å². The molecule has 1 aromatic carbocycles. The topological polar surface area (TPSA) is 29.5 Å². The van der Waals surface area contributed by atoms with Crippen LogP contribution in [0.5, 0.6) is 0 Å². The van der Waals surface area contributed by atoms with E-state index < -0.39 is 6.10 Å². The van der Waals surface area contributed by atoms with E-state index in [4.69, 9.17) is 4.74 Å². The molecule has 1 aromatic rings. The van der Waals surface area contributed by atoms with Gasteiger partial charge in [-0.3, -0.25) is 0 Å². The first-order chi connectivity index (χ1) is 6.55. The Labute approximate surface area is 85.5 Å². The number of aliphatic hydroxyl groups is 1. The Morgan fingerprint density at radius 2 is 1.86 bits per heavy atom. The first kappa shape index (κ1) is 11.2. The Kier molecular flexibility index (Phi) is 3.67. The summed E-state index contributed by atoms with van der Waals surface area (Å²) < 4.78 is 5.27. The predicted octanol–water partition coefficient (Wildman–Crippen LogP) is 2.54. The van der Waals surface area contributed by atoms with Crippen molar-refractivity contribution < 1.29 is 9.84 Å². The summed E-state index contributed by atoms with van der Waals surface area (Å²) in [6.45, 7) is 3.94. The molecule has 0 aliphatic carbocycles. The SMILES string of the molecule is COC(C)(C)CC(O)c1ccccc1. The van der Waals surface area contributed by atoms with Crippen LogP contribution in [0.2, 0.25) is 0 Å². The van der Waals surface area contributed by atoms with E-state index in [-0.39, 0.29) is 5.60 Å². The highest BCUT2D eigenvalue weighted by Crippen LogP contribution is 2.25. The van der Waals surface area contributed by atoms with Gasteiger partial charge in [-0.25, -0.2) is 0 Å². The Morgan fingerprint density at radius 3 is 2.36 bits per heavy atom. The van der Waals surface area contributed by atoms with Gasteiger partial charge in [0.05, 0.1) is 11.7 Å². The van der Waals surface area contributed by atoms with Gasteiger partial charge in [0.2, 0.25) is 0 Å². The van der Waals surface area contributed by atoms with Crippen LogP contribution in [0.25, 0.3) is 0 Å². The molecule has 0 radical (unpaired) electrons. The van der Waals surface area contributed by atoms with E-state index in [9.17, 15) is 5.11 Å². The van der Waals surface area contributed by atoms with Gasteiger partial charge in [0, 0.05) is 13.5 Å². The molecule has 0 fully saturated rings. The minimum Gasteiger partial charge on any atom is -0.388 e. The minimum absolute atomic E-state index is 0.282. The molecule has 1 N–H and O–H groups in total. The maximum atomic E-state index is 9.91.